The Hall–Kier alpha value is -1.43. The summed E-state index contributed by atoms with van der Waals surface area (Å²) in [4.78, 5) is 0. The highest BCUT2D eigenvalue weighted by Gasteiger charge is 2.12. The number of halogens is 4. The van der Waals surface area contributed by atoms with E-state index in [0.29, 0.717) is 47.8 Å². The zero-order valence-electron chi connectivity index (χ0n) is 16.4. The van der Waals surface area contributed by atoms with Crippen LogP contribution in [-0.4, -0.2) is 6.61 Å². The summed E-state index contributed by atoms with van der Waals surface area (Å²) in [6.07, 6.45) is 0. The van der Waals surface area contributed by atoms with Crippen LogP contribution in [0.15, 0.2) is 59.1 Å². The van der Waals surface area contributed by atoms with Gasteiger partial charge in [0.25, 0.3) is 0 Å². The van der Waals surface area contributed by atoms with Gasteiger partial charge in [-0.05, 0) is 53.9 Å². The summed E-state index contributed by atoms with van der Waals surface area (Å²) in [5.74, 6) is 1.35. The van der Waals surface area contributed by atoms with Crippen LogP contribution in [0.5, 0.6) is 11.5 Å². The zero-order chi connectivity index (χ0) is 21.5. The van der Waals surface area contributed by atoms with Crippen LogP contribution in [0.1, 0.15) is 23.6 Å². The molecule has 0 atom stereocenters. The van der Waals surface area contributed by atoms with Gasteiger partial charge in [-0.1, -0.05) is 75.0 Å². The van der Waals surface area contributed by atoms with Crippen LogP contribution in [0.2, 0.25) is 15.1 Å². The van der Waals surface area contributed by atoms with Crippen LogP contribution in [0.4, 0.5) is 0 Å². The van der Waals surface area contributed by atoms with Crippen molar-refractivity contribution in [2.45, 2.75) is 26.6 Å². The van der Waals surface area contributed by atoms with Crippen LogP contribution in [0.3, 0.4) is 0 Å². The van der Waals surface area contributed by atoms with E-state index in [-0.39, 0.29) is 0 Å². The van der Waals surface area contributed by atoms with Gasteiger partial charge in [0.2, 0.25) is 0 Å². The molecule has 0 saturated heterocycles. The van der Waals surface area contributed by atoms with Crippen molar-refractivity contribution < 1.29 is 9.47 Å². The standard InChI is InChI=1S/C23H21BrCl3NO2/c1-2-29-22-10-17(13-28-12-16-5-3-4-6-19(16)25)18(24)11-23(22)30-14-15-7-8-20(26)21(27)9-15/h3-11,28H,2,12-14H2,1H3. The Morgan fingerprint density at radius 3 is 2.27 bits per heavy atom. The van der Waals surface area contributed by atoms with E-state index in [4.69, 9.17) is 44.3 Å². The normalized spacial score (nSPS) is 10.8. The molecule has 3 nitrogen and oxygen atoms in total. The van der Waals surface area contributed by atoms with E-state index in [0.717, 1.165) is 26.2 Å². The molecule has 0 aliphatic carbocycles. The van der Waals surface area contributed by atoms with Gasteiger partial charge in [-0.2, -0.15) is 0 Å². The summed E-state index contributed by atoms with van der Waals surface area (Å²) < 4.78 is 12.7. The Morgan fingerprint density at radius 2 is 1.53 bits per heavy atom. The SMILES string of the molecule is CCOc1cc(CNCc2ccccc2Cl)c(Br)cc1OCc1ccc(Cl)c(Cl)c1. The fourth-order valence-corrected chi connectivity index (χ4v) is 3.84. The van der Waals surface area contributed by atoms with Gasteiger partial charge < -0.3 is 14.8 Å². The molecule has 0 unspecified atom stereocenters. The van der Waals surface area contributed by atoms with Crippen molar-refractivity contribution in [1.82, 2.24) is 5.32 Å². The van der Waals surface area contributed by atoms with Crippen LogP contribution in [0.25, 0.3) is 0 Å². The maximum atomic E-state index is 6.23. The van der Waals surface area contributed by atoms with E-state index in [2.05, 4.69) is 21.2 Å². The van der Waals surface area contributed by atoms with Gasteiger partial charge in [-0.25, -0.2) is 0 Å². The van der Waals surface area contributed by atoms with E-state index >= 15 is 0 Å². The largest absolute Gasteiger partial charge is 0.490 e. The number of rotatable bonds is 9. The van der Waals surface area contributed by atoms with Gasteiger partial charge in [0.05, 0.1) is 16.7 Å². The van der Waals surface area contributed by atoms with Gasteiger partial charge >= 0.3 is 0 Å². The van der Waals surface area contributed by atoms with Crippen LogP contribution in [0, 0.1) is 0 Å². The molecule has 0 aromatic heterocycles. The predicted molar refractivity (Wildman–Crippen MR) is 128 cm³/mol. The molecule has 0 radical (unpaired) electrons. The molecule has 0 amide bonds. The quantitative estimate of drug-likeness (QED) is 0.308. The lowest BCUT2D eigenvalue weighted by Crippen LogP contribution is -2.13. The molecule has 30 heavy (non-hydrogen) atoms. The Kier molecular flexibility index (Phi) is 8.72. The lowest BCUT2D eigenvalue weighted by molar-refractivity contribution is 0.269. The van der Waals surface area contributed by atoms with Crippen LogP contribution >= 0.6 is 50.7 Å². The van der Waals surface area contributed by atoms with Gasteiger partial charge in [0.1, 0.15) is 6.61 Å². The maximum Gasteiger partial charge on any atom is 0.162 e. The lowest BCUT2D eigenvalue weighted by Gasteiger charge is -2.16. The highest BCUT2D eigenvalue weighted by atomic mass is 79.9. The second-order valence-electron chi connectivity index (χ2n) is 6.56. The van der Waals surface area contributed by atoms with Crippen LogP contribution < -0.4 is 14.8 Å². The van der Waals surface area contributed by atoms with Crippen LogP contribution in [-0.2, 0) is 19.7 Å². The average molecular weight is 530 g/mol. The first-order valence-electron chi connectivity index (χ1n) is 9.44. The third kappa shape index (κ3) is 6.29. The van der Waals surface area contributed by atoms with Gasteiger partial charge in [-0.15, -0.1) is 0 Å². The van der Waals surface area contributed by atoms with Gasteiger partial charge in [0, 0.05) is 22.6 Å². The first kappa shape index (κ1) is 23.2. The summed E-state index contributed by atoms with van der Waals surface area (Å²) in [5.41, 5.74) is 3.04. The molecule has 3 aromatic rings. The predicted octanol–water partition coefficient (Wildman–Crippen LogP) is 7.68. The second-order valence-corrected chi connectivity index (χ2v) is 8.63. The molecule has 0 saturated carbocycles. The molecule has 7 heteroatoms. The fraction of sp³-hybridized carbons (Fsp3) is 0.217. The van der Waals surface area contributed by atoms with Crippen molar-refractivity contribution in [3.05, 3.63) is 90.8 Å². The molecule has 3 rings (SSSR count). The molecule has 0 aliphatic heterocycles. The van der Waals surface area contributed by atoms with Crippen molar-refractivity contribution in [2.75, 3.05) is 6.61 Å². The fourth-order valence-electron chi connectivity index (χ4n) is 2.86. The number of hydrogen-bond donors (Lipinski definition) is 1. The molecule has 3 aromatic carbocycles. The summed E-state index contributed by atoms with van der Waals surface area (Å²) in [5, 5.41) is 5.20. The van der Waals surface area contributed by atoms with Gasteiger partial charge in [-0.3, -0.25) is 0 Å². The summed E-state index contributed by atoms with van der Waals surface area (Å²) in [7, 11) is 0. The first-order valence-corrected chi connectivity index (χ1v) is 11.4. The van der Waals surface area contributed by atoms with Gasteiger partial charge in [0.15, 0.2) is 11.5 Å². The Balaban J connectivity index is 1.69. The Bertz CT molecular complexity index is 1010. The highest BCUT2D eigenvalue weighted by Crippen LogP contribution is 2.35. The second kappa shape index (κ2) is 11.3. The maximum absolute atomic E-state index is 6.23. The van der Waals surface area contributed by atoms with Crippen molar-refractivity contribution in [2.24, 2.45) is 0 Å². The molecule has 0 heterocycles. The topological polar surface area (TPSA) is 30.5 Å². The number of benzene rings is 3. The minimum Gasteiger partial charge on any atom is -0.490 e. The molecule has 158 valence electrons. The molecular weight excluding hydrogens is 509 g/mol. The lowest BCUT2D eigenvalue weighted by atomic mass is 10.1. The molecule has 0 bridgehead atoms. The Morgan fingerprint density at radius 1 is 0.800 bits per heavy atom. The number of hydrogen-bond acceptors (Lipinski definition) is 3. The van der Waals surface area contributed by atoms with E-state index in [1.807, 2.05) is 49.4 Å². The van der Waals surface area contributed by atoms with E-state index < -0.39 is 0 Å². The Labute approximate surface area is 200 Å². The first-order chi connectivity index (χ1) is 14.5. The minimum atomic E-state index is 0.355. The van der Waals surface area contributed by atoms with E-state index in [1.54, 1.807) is 12.1 Å². The van der Waals surface area contributed by atoms with E-state index in [1.165, 1.54) is 0 Å². The molecule has 0 aliphatic rings. The van der Waals surface area contributed by atoms with Crippen molar-refractivity contribution >= 4 is 50.7 Å². The smallest absolute Gasteiger partial charge is 0.162 e. The molecular formula is C23H21BrCl3NO2. The minimum absolute atomic E-state index is 0.355. The van der Waals surface area contributed by atoms with Crippen molar-refractivity contribution in [3.8, 4) is 11.5 Å². The third-order valence-corrected chi connectivity index (χ3v) is 6.23. The van der Waals surface area contributed by atoms with Crippen molar-refractivity contribution in [1.29, 1.82) is 0 Å². The van der Waals surface area contributed by atoms with Crippen molar-refractivity contribution in [3.63, 3.8) is 0 Å². The molecule has 0 spiro atoms. The summed E-state index contributed by atoms with van der Waals surface area (Å²) >= 11 is 21.9. The highest BCUT2D eigenvalue weighted by molar-refractivity contribution is 9.10. The number of ether oxygens (including phenoxy) is 2. The number of nitrogens with one attached hydrogen (secondary N) is 1. The molecule has 0 fully saturated rings. The summed E-state index contributed by atoms with van der Waals surface area (Å²) in [6, 6.07) is 17.2. The zero-order valence-corrected chi connectivity index (χ0v) is 20.2. The summed E-state index contributed by atoms with van der Waals surface area (Å²) in [6.45, 7) is 4.16. The van der Waals surface area contributed by atoms with E-state index in [9.17, 15) is 0 Å². The molecule has 1 N–H and O–H groups in total. The monoisotopic (exact) mass is 527 g/mol. The average Bonchev–Trinajstić information content (AvgIpc) is 2.73. The third-order valence-electron chi connectivity index (χ3n) is 4.38.